The van der Waals surface area contributed by atoms with Crippen LogP contribution in [0.15, 0.2) is 66.4 Å². The molecular weight excluding hydrogens is 471 g/mol. The summed E-state index contributed by atoms with van der Waals surface area (Å²) in [6.45, 7) is 4.50. The Bertz CT molecular complexity index is 1270. The van der Waals surface area contributed by atoms with Crippen molar-refractivity contribution in [2.75, 3.05) is 6.61 Å². The third-order valence-electron chi connectivity index (χ3n) is 5.36. The molecule has 1 N–H and O–H groups in total. The maximum Gasteiger partial charge on any atom is 0.329 e. The molecule has 0 bridgehead atoms. The fourth-order valence-electron chi connectivity index (χ4n) is 3.57. The number of carbonyl (C=O) groups excluding carboxylic acids is 2. The molecule has 3 aromatic rings. The molecule has 35 heavy (non-hydrogen) atoms. The number of nitrogens with zero attached hydrogens (tertiary/aromatic N) is 1. The molecule has 8 heteroatoms. The highest BCUT2D eigenvalue weighted by Crippen LogP contribution is 2.38. The molecule has 0 aromatic heterocycles. The van der Waals surface area contributed by atoms with Crippen molar-refractivity contribution >= 4 is 29.6 Å². The minimum absolute atomic E-state index is 0.139. The van der Waals surface area contributed by atoms with E-state index in [9.17, 15) is 14.0 Å². The minimum Gasteiger partial charge on any atom is -0.490 e. The average Bonchev–Trinajstić information content (AvgIpc) is 3.08. The van der Waals surface area contributed by atoms with Gasteiger partial charge in [0, 0.05) is 0 Å². The number of benzene rings is 3. The Labute approximate surface area is 207 Å². The number of nitrogens with one attached hydrogen (secondary N) is 1. The third kappa shape index (κ3) is 5.81. The average molecular weight is 495 g/mol. The predicted molar refractivity (Wildman–Crippen MR) is 132 cm³/mol. The minimum atomic E-state index is -0.489. The van der Waals surface area contributed by atoms with Gasteiger partial charge in [-0.3, -0.25) is 9.69 Å². The third-order valence-corrected chi connectivity index (χ3v) is 5.64. The molecule has 0 saturated carbocycles. The highest BCUT2D eigenvalue weighted by molar-refractivity contribution is 6.32. The Morgan fingerprint density at radius 3 is 2.37 bits per heavy atom. The standard InChI is InChI=1S/C27H24ClFN2O4/c1-3-34-24-14-20(12-22(28)25(24)35-16-19-8-10-21(29)11-9-19)13-23-26(32)31(27(33)30-23)15-18-6-4-17(2)5-7-18/h4-14H,3,15-16H2,1-2H3,(H,30,33)/b23-13+. The summed E-state index contributed by atoms with van der Waals surface area (Å²) in [7, 11) is 0. The van der Waals surface area contributed by atoms with Gasteiger partial charge in [0.1, 0.15) is 18.1 Å². The van der Waals surface area contributed by atoms with E-state index < -0.39 is 11.9 Å². The number of rotatable bonds is 8. The molecule has 3 amide bonds. The number of imide groups is 1. The first-order valence-electron chi connectivity index (χ1n) is 11.1. The summed E-state index contributed by atoms with van der Waals surface area (Å²) in [6, 6.07) is 16.4. The number of ether oxygens (including phenoxy) is 2. The number of urea groups is 1. The van der Waals surface area contributed by atoms with Gasteiger partial charge in [-0.15, -0.1) is 0 Å². The van der Waals surface area contributed by atoms with Gasteiger partial charge in [0.2, 0.25) is 0 Å². The van der Waals surface area contributed by atoms with Gasteiger partial charge in [-0.25, -0.2) is 9.18 Å². The maximum atomic E-state index is 13.1. The lowest BCUT2D eigenvalue weighted by Gasteiger charge is -2.15. The van der Waals surface area contributed by atoms with Crippen LogP contribution in [-0.4, -0.2) is 23.4 Å². The molecule has 1 aliphatic heterocycles. The van der Waals surface area contributed by atoms with E-state index in [1.165, 1.54) is 12.1 Å². The highest BCUT2D eigenvalue weighted by atomic mass is 35.5. The van der Waals surface area contributed by atoms with Crippen molar-refractivity contribution in [2.45, 2.75) is 27.0 Å². The van der Waals surface area contributed by atoms with Gasteiger partial charge in [0.05, 0.1) is 18.2 Å². The summed E-state index contributed by atoms with van der Waals surface area (Å²) >= 11 is 6.48. The molecule has 0 unspecified atom stereocenters. The van der Waals surface area contributed by atoms with Crippen molar-refractivity contribution in [1.82, 2.24) is 10.2 Å². The molecule has 0 aliphatic carbocycles. The van der Waals surface area contributed by atoms with Crippen LogP contribution in [0.25, 0.3) is 6.08 Å². The molecule has 1 fully saturated rings. The van der Waals surface area contributed by atoms with Gasteiger partial charge in [-0.05, 0) is 60.9 Å². The van der Waals surface area contributed by atoms with Crippen LogP contribution < -0.4 is 14.8 Å². The molecule has 0 spiro atoms. The Morgan fingerprint density at radius 2 is 1.69 bits per heavy atom. The molecule has 1 aliphatic rings. The normalized spacial score (nSPS) is 14.4. The van der Waals surface area contributed by atoms with Crippen molar-refractivity contribution in [3.8, 4) is 11.5 Å². The lowest BCUT2D eigenvalue weighted by Crippen LogP contribution is -2.30. The van der Waals surface area contributed by atoms with Gasteiger partial charge < -0.3 is 14.8 Å². The van der Waals surface area contributed by atoms with Crippen molar-refractivity contribution in [1.29, 1.82) is 0 Å². The molecule has 4 rings (SSSR count). The second kappa shape index (κ2) is 10.6. The molecule has 0 atom stereocenters. The van der Waals surface area contributed by atoms with Gasteiger partial charge >= 0.3 is 6.03 Å². The predicted octanol–water partition coefficient (Wildman–Crippen LogP) is 5.86. The lowest BCUT2D eigenvalue weighted by atomic mass is 10.1. The van der Waals surface area contributed by atoms with Crippen molar-refractivity contribution in [3.63, 3.8) is 0 Å². The van der Waals surface area contributed by atoms with E-state index in [1.807, 2.05) is 38.1 Å². The second-order valence-corrected chi connectivity index (χ2v) is 8.45. The molecule has 1 saturated heterocycles. The molecule has 6 nitrogen and oxygen atoms in total. The van der Waals surface area contributed by atoms with E-state index >= 15 is 0 Å². The van der Waals surface area contributed by atoms with E-state index in [2.05, 4.69) is 5.32 Å². The Hall–Kier alpha value is -3.84. The summed E-state index contributed by atoms with van der Waals surface area (Å²) in [4.78, 5) is 26.5. The highest BCUT2D eigenvalue weighted by Gasteiger charge is 2.33. The fourth-order valence-corrected chi connectivity index (χ4v) is 3.84. The number of hydrogen-bond donors (Lipinski definition) is 1. The van der Waals surface area contributed by atoms with Gasteiger partial charge in [-0.1, -0.05) is 53.6 Å². The van der Waals surface area contributed by atoms with Crippen molar-refractivity contribution < 1.29 is 23.5 Å². The number of amides is 3. The van der Waals surface area contributed by atoms with Crippen molar-refractivity contribution in [2.24, 2.45) is 0 Å². The van der Waals surface area contributed by atoms with Crippen LogP contribution in [0.5, 0.6) is 11.5 Å². The smallest absolute Gasteiger partial charge is 0.329 e. The first kappa shape index (κ1) is 24.3. The zero-order chi connectivity index (χ0) is 24.9. The van der Waals surface area contributed by atoms with E-state index in [-0.39, 0.29) is 29.7 Å². The molecule has 3 aromatic carbocycles. The van der Waals surface area contributed by atoms with Crippen molar-refractivity contribution in [3.05, 3.63) is 99.5 Å². The molecule has 0 radical (unpaired) electrons. The Morgan fingerprint density at radius 1 is 1.00 bits per heavy atom. The summed E-state index contributed by atoms with van der Waals surface area (Å²) in [5.74, 6) is -0.0310. The fraction of sp³-hybridized carbons (Fsp3) is 0.185. The van der Waals surface area contributed by atoms with E-state index in [1.54, 1.807) is 30.3 Å². The zero-order valence-electron chi connectivity index (χ0n) is 19.3. The summed E-state index contributed by atoms with van der Waals surface area (Å²) in [5.41, 5.74) is 3.42. The topological polar surface area (TPSA) is 67.9 Å². The molecule has 180 valence electrons. The second-order valence-electron chi connectivity index (χ2n) is 8.04. The SMILES string of the molecule is CCOc1cc(/C=C2/NC(=O)N(Cc3ccc(C)cc3)C2=O)cc(Cl)c1OCc1ccc(F)cc1. The van der Waals surface area contributed by atoms with E-state index in [4.69, 9.17) is 21.1 Å². The van der Waals surface area contributed by atoms with Crippen LogP contribution in [0.4, 0.5) is 9.18 Å². The van der Waals surface area contributed by atoms with E-state index in [0.29, 0.717) is 23.7 Å². The number of hydrogen-bond acceptors (Lipinski definition) is 4. The van der Waals surface area contributed by atoms with E-state index in [0.717, 1.165) is 21.6 Å². The molecule has 1 heterocycles. The van der Waals surface area contributed by atoms with Gasteiger partial charge in [0.25, 0.3) is 5.91 Å². The first-order valence-corrected chi connectivity index (χ1v) is 11.5. The zero-order valence-corrected chi connectivity index (χ0v) is 20.1. The largest absolute Gasteiger partial charge is 0.490 e. The number of carbonyl (C=O) groups is 2. The maximum absolute atomic E-state index is 13.1. The quantitative estimate of drug-likeness (QED) is 0.314. The Kier molecular flexibility index (Phi) is 7.36. The lowest BCUT2D eigenvalue weighted by molar-refractivity contribution is -0.123. The summed E-state index contributed by atoms with van der Waals surface area (Å²) in [5, 5.41) is 2.90. The van der Waals surface area contributed by atoms with Crippen LogP contribution in [0.2, 0.25) is 5.02 Å². The number of halogens is 2. The molecular formula is C27H24ClFN2O4. The number of aryl methyl sites for hydroxylation is 1. The Balaban J connectivity index is 1.54. The van der Waals surface area contributed by atoms with Gasteiger partial charge in [-0.2, -0.15) is 0 Å². The van der Waals surface area contributed by atoms with Crippen LogP contribution in [0, 0.1) is 12.7 Å². The summed E-state index contributed by atoms with van der Waals surface area (Å²) < 4.78 is 24.7. The van der Waals surface area contributed by atoms with Crippen LogP contribution in [-0.2, 0) is 17.9 Å². The van der Waals surface area contributed by atoms with Crippen LogP contribution >= 0.6 is 11.6 Å². The van der Waals surface area contributed by atoms with Crippen LogP contribution in [0.3, 0.4) is 0 Å². The monoisotopic (exact) mass is 494 g/mol. The van der Waals surface area contributed by atoms with Gasteiger partial charge in [0.15, 0.2) is 11.5 Å². The summed E-state index contributed by atoms with van der Waals surface area (Å²) in [6.07, 6.45) is 1.55. The first-order chi connectivity index (χ1) is 16.8. The van der Waals surface area contributed by atoms with Crippen LogP contribution in [0.1, 0.15) is 29.2 Å².